The summed E-state index contributed by atoms with van der Waals surface area (Å²) >= 11 is 0. The maximum Gasteiger partial charge on any atom is 0.220 e. The minimum atomic E-state index is 0.258. The Bertz CT molecular complexity index is 775. The molecule has 1 aromatic carbocycles. The molecule has 1 heterocycles. The normalized spacial score (nSPS) is 20.0. The van der Waals surface area contributed by atoms with Crippen LogP contribution >= 0.6 is 0 Å². The van der Waals surface area contributed by atoms with Gasteiger partial charge >= 0.3 is 0 Å². The Labute approximate surface area is 176 Å². The number of amides is 1. The van der Waals surface area contributed by atoms with E-state index in [4.69, 9.17) is 0 Å². The molecule has 0 spiro atoms. The fourth-order valence-electron chi connectivity index (χ4n) is 5.05. The molecule has 0 unspecified atom stereocenters. The van der Waals surface area contributed by atoms with E-state index in [1.54, 1.807) is 0 Å². The van der Waals surface area contributed by atoms with Crippen molar-refractivity contribution < 1.29 is 4.79 Å². The highest BCUT2D eigenvalue weighted by molar-refractivity contribution is 5.82. The molecule has 0 radical (unpaired) electrons. The lowest BCUT2D eigenvalue weighted by Gasteiger charge is -2.30. The first-order valence-corrected chi connectivity index (χ1v) is 11.5. The Kier molecular flexibility index (Phi) is 7.69. The number of pyridine rings is 1. The molecule has 1 N–H and O–H groups in total. The number of hydrogen-bond acceptors (Lipinski definition) is 2. The van der Waals surface area contributed by atoms with Gasteiger partial charge in [-0.1, -0.05) is 45.9 Å². The van der Waals surface area contributed by atoms with Gasteiger partial charge in [0.05, 0.1) is 5.52 Å². The summed E-state index contributed by atoms with van der Waals surface area (Å²) in [7, 11) is 0. The monoisotopic (exact) mass is 394 g/mol. The van der Waals surface area contributed by atoms with Gasteiger partial charge in [0.15, 0.2) is 0 Å². The SMILES string of the molecule is CC(C)CC(CC(C)C)NC(=O)CC1CCC(c2ccnc3ccccc23)CC1. The minimum absolute atomic E-state index is 0.258. The van der Waals surface area contributed by atoms with Crippen molar-refractivity contribution in [3.63, 3.8) is 0 Å². The van der Waals surface area contributed by atoms with Gasteiger partial charge < -0.3 is 5.32 Å². The van der Waals surface area contributed by atoms with Gasteiger partial charge in [0.1, 0.15) is 0 Å². The molecular formula is C26H38N2O. The van der Waals surface area contributed by atoms with Crippen molar-refractivity contribution >= 4 is 16.8 Å². The Hall–Kier alpha value is -1.90. The van der Waals surface area contributed by atoms with Gasteiger partial charge in [-0.15, -0.1) is 0 Å². The van der Waals surface area contributed by atoms with Crippen LogP contribution in [-0.4, -0.2) is 16.9 Å². The summed E-state index contributed by atoms with van der Waals surface area (Å²) in [4.78, 5) is 17.2. The maximum absolute atomic E-state index is 12.7. The molecule has 0 aliphatic heterocycles. The number of aromatic nitrogens is 1. The van der Waals surface area contributed by atoms with Gasteiger partial charge in [-0.3, -0.25) is 9.78 Å². The number of rotatable bonds is 8. The zero-order valence-corrected chi connectivity index (χ0v) is 18.7. The van der Waals surface area contributed by atoms with Crippen LogP contribution in [0.2, 0.25) is 0 Å². The Balaban J connectivity index is 1.53. The number of benzene rings is 1. The van der Waals surface area contributed by atoms with E-state index >= 15 is 0 Å². The lowest BCUT2D eigenvalue weighted by molar-refractivity contribution is -0.123. The maximum atomic E-state index is 12.7. The molecular weight excluding hydrogens is 356 g/mol. The average molecular weight is 395 g/mol. The van der Waals surface area contributed by atoms with Crippen molar-refractivity contribution in [1.29, 1.82) is 0 Å². The van der Waals surface area contributed by atoms with Gasteiger partial charge in [0.25, 0.3) is 0 Å². The predicted molar refractivity (Wildman–Crippen MR) is 122 cm³/mol. The molecule has 2 aromatic rings. The van der Waals surface area contributed by atoms with Crippen LogP contribution in [0.25, 0.3) is 10.9 Å². The summed E-state index contributed by atoms with van der Waals surface area (Å²) in [6.45, 7) is 8.96. The zero-order valence-electron chi connectivity index (χ0n) is 18.7. The summed E-state index contributed by atoms with van der Waals surface area (Å²) < 4.78 is 0. The molecule has 3 nitrogen and oxygen atoms in total. The third-order valence-electron chi connectivity index (χ3n) is 6.32. The molecule has 1 aromatic heterocycles. The van der Waals surface area contributed by atoms with E-state index in [0.717, 1.165) is 31.2 Å². The van der Waals surface area contributed by atoms with E-state index in [1.165, 1.54) is 23.8 Å². The molecule has 0 bridgehead atoms. The van der Waals surface area contributed by atoms with Crippen LogP contribution in [0.4, 0.5) is 0 Å². The van der Waals surface area contributed by atoms with Crippen LogP contribution in [0.5, 0.6) is 0 Å². The van der Waals surface area contributed by atoms with E-state index < -0.39 is 0 Å². The quantitative estimate of drug-likeness (QED) is 0.557. The lowest BCUT2D eigenvalue weighted by atomic mass is 9.77. The van der Waals surface area contributed by atoms with Crippen molar-refractivity contribution in [1.82, 2.24) is 10.3 Å². The topological polar surface area (TPSA) is 42.0 Å². The van der Waals surface area contributed by atoms with E-state index in [0.29, 0.717) is 36.1 Å². The van der Waals surface area contributed by atoms with E-state index in [-0.39, 0.29) is 5.91 Å². The molecule has 1 aliphatic carbocycles. The van der Waals surface area contributed by atoms with Gasteiger partial charge in [-0.25, -0.2) is 0 Å². The number of nitrogens with one attached hydrogen (secondary N) is 1. The van der Waals surface area contributed by atoms with Crippen molar-refractivity contribution in [2.75, 3.05) is 0 Å². The molecule has 158 valence electrons. The molecule has 1 aliphatic rings. The lowest BCUT2D eigenvalue weighted by Crippen LogP contribution is -2.38. The molecule has 1 saturated carbocycles. The first kappa shape index (κ1) is 21.8. The van der Waals surface area contributed by atoms with Crippen molar-refractivity contribution in [3.8, 4) is 0 Å². The van der Waals surface area contributed by atoms with Gasteiger partial charge in [0.2, 0.25) is 5.91 Å². The number of carbonyl (C=O) groups excluding carboxylic acids is 1. The van der Waals surface area contributed by atoms with E-state index in [2.05, 4.69) is 68.3 Å². The van der Waals surface area contributed by atoms with Gasteiger partial charge in [-0.2, -0.15) is 0 Å². The number of fused-ring (bicyclic) bond motifs is 1. The van der Waals surface area contributed by atoms with Crippen molar-refractivity contribution in [2.45, 2.75) is 84.6 Å². The van der Waals surface area contributed by atoms with Crippen LogP contribution in [0.3, 0.4) is 0 Å². The molecule has 3 rings (SSSR count). The second kappa shape index (κ2) is 10.2. The predicted octanol–water partition coefficient (Wildman–Crippen LogP) is 6.48. The highest BCUT2D eigenvalue weighted by atomic mass is 16.1. The van der Waals surface area contributed by atoms with Gasteiger partial charge in [0, 0.05) is 24.0 Å². The minimum Gasteiger partial charge on any atom is -0.353 e. The third kappa shape index (κ3) is 6.29. The summed E-state index contributed by atoms with van der Waals surface area (Å²) in [6, 6.07) is 11.0. The molecule has 29 heavy (non-hydrogen) atoms. The van der Waals surface area contributed by atoms with Crippen LogP contribution in [-0.2, 0) is 4.79 Å². The van der Waals surface area contributed by atoms with E-state index in [1.807, 2.05) is 6.20 Å². The summed E-state index contributed by atoms with van der Waals surface area (Å²) in [5.41, 5.74) is 2.53. The molecule has 1 fully saturated rings. The second-order valence-electron chi connectivity index (χ2n) is 9.86. The Morgan fingerprint density at radius 3 is 2.31 bits per heavy atom. The molecule has 0 saturated heterocycles. The molecule has 0 atom stereocenters. The zero-order chi connectivity index (χ0) is 20.8. The summed E-state index contributed by atoms with van der Waals surface area (Å²) in [6.07, 6.45) is 9.43. The fourth-order valence-corrected chi connectivity index (χ4v) is 5.05. The van der Waals surface area contributed by atoms with Crippen LogP contribution < -0.4 is 5.32 Å². The molecule has 1 amide bonds. The molecule has 3 heteroatoms. The standard InChI is InChI=1S/C26H38N2O/c1-18(2)15-22(16-19(3)4)28-26(29)17-20-9-11-21(12-10-20)23-13-14-27-25-8-6-5-7-24(23)25/h5-8,13-14,18-22H,9-12,15-17H2,1-4H3,(H,28,29). The van der Waals surface area contributed by atoms with Crippen LogP contribution in [0, 0.1) is 17.8 Å². The first-order valence-electron chi connectivity index (χ1n) is 11.5. The number of nitrogens with zero attached hydrogens (tertiary/aromatic N) is 1. The Morgan fingerprint density at radius 1 is 1.00 bits per heavy atom. The van der Waals surface area contributed by atoms with Crippen molar-refractivity contribution in [2.24, 2.45) is 17.8 Å². The second-order valence-corrected chi connectivity index (χ2v) is 9.86. The van der Waals surface area contributed by atoms with E-state index in [9.17, 15) is 4.79 Å². The first-order chi connectivity index (χ1) is 13.9. The Morgan fingerprint density at radius 2 is 1.66 bits per heavy atom. The third-order valence-corrected chi connectivity index (χ3v) is 6.32. The van der Waals surface area contributed by atoms with Crippen LogP contribution in [0.1, 0.15) is 84.1 Å². The van der Waals surface area contributed by atoms with Gasteiger partial charge in [-0.05, 0) is 79.9 Å². The number of para-hydroxylation sites is 1. The summed E-state index contributed by atoms with van der Waals surface area (Å²) in [5, 5.41) is 4.64. The smallest absolute Gasteiger partial charge is 0.220 e. The number of carbonyl (C=O) groups is 1. The largest absolute Gasteiger partial charge is 0.353 e. The highest BCUT2D eigenvalue weighted by Crippen LogP contribution is 2.39. The van der Waals surface area contributed by atoms with Crippen molar-refractivity contribution in [3.05, 3.63) is 42.1 Å². The average Bonchev–Trinajstić information content (AvgIpc) is 2.67. The fraction of sp³-hybridized carbons (Fsp3) is 0.615. The number of hydrogen-bond donors (Lipinski definition) is 1. The van der Waals surface area contributed by atoms with Crippen LogP contribution in [0.15, 0.2) is 36.5 Å². The highest BCUT2D eigenvalue weighted by Gasteiger charge is 2.26. The summed E-state index contributed by atoms with van der Waals surface area (Å²) in [5.74, 6) is 2.61.